The number of aromatic amines is 1. The van der Waals surface area contributed by atoms with E-state index < -0.39 is 46.5 Å². The number of hydrogen-bond acceptors (Lipinski definition) is 5. The Bertz CT molecular complexity index is 820. The Morgan fingerprint density at radius 3 is 2.46 bits per heavy atom. The van der Waals surface area contributed by atoms with Crippen LogP contribution in [0.1, 0.15) is 20.8 Å². The summed E-state index contributed by atoms with van der Waals surface area (Å²) in [5.74, 6) is -2.22. The molecule has 0 aliphatic heterocycles. The third kappa shape index (κ3) is 4.96. The van der Waals surface area contributed by atoms with E-state index in [4.69, 9.17) is 0 Å². The summed E-state index contributed by atoms with van der Waals surface area (Å²) in [6.07, 6.45) is -3.16. The molecule has 0 spiro atoms. The lowest BCUT2D eigenvalue weighted by molar-refractivity contribution is -0.385. The highest BCUT2D eigenvalue weighted by atomic mass is 19.4. The molecule has 0 fully saturated rings. The molecule has 2 aromatic rings. The number of halogens is 3. The largest absolute Gasteiger partial charge is 0.484 e. The highest BCUT2D eigenvalue weighted by molar-refractivity contribution is 6.01. The number of carbonyl (C=O) groups is 2. The minimum Gasteiger partial charge on any atom is -0.484 e. The number of nitrogens with zero attached hydrogens (tertiary/aromatic N) is 1. The van der Waals surface area contributed by atoms with Gasteiger partial charge in [0.15, 0.2) is 6.61 Å². The van der Waals surface area contributed by atoms with Crippen LogP contribution in [0.3, 0.4) is 0 Å². The molecule has 0 radical (unpaired) electrons. The molecule has 2 amide bonds. The molecule has 3 N–H and O–H groups in total. The van der Waals surface area contributed by atoms with Gasteiger partial charge in [0.25, 0.3) is 17.5 Å². The quantitative estimate of drug-likeness (QED) is 0.546. The summed E-state index contributed by atoms with van der Waals surface area (Å²) in [7, 11) is 0. The molecule has 0 atom stereocenters. The Labute approximate surface area is 143 Å². The lowest BCUT2D eigenvalue weighted by Gasteiger charge is -2.11. The van der Waals surface area contributed by atoms with Crippen LogP contribution in [0.25, 0.3) is 0 Å². The van der Waals surface area contributed by atoms with Crippen molar-refractivity contribution in [1.82, 2.24) is 15.8 Å². The number of hydrogen-bond donors (Lipinski definition) is 3. The summed E-state index contributed by atoms with van der Waals surface area (Å²) in [5, 5.41) is 11.0. The van der Waals surface area contributed by atoms with Gasteiger partial charge in [-0.2, -0.15) is 13.2 Å². The van der Waals surface area contributed by atoms with E-state index in [0.29, 0.717) is 0 Å². The van der Waals surface area contributed by atoms with Crippen molar-refractivity contribution in [1.29, 1.82) is 0 Å². The molecule has 0 saturated heterocycles. The van der Waals surface area contributed by atoms with Crippen molar-refractivity contribution in [2.45, 2.75) is 6.18 Å². The fraction of sp³-hybridized carbons (Fsp3) is 0.143. The number of ether oxygens (including phenoxy) is 1. The number of hydrazine groups is 1. The summed E-state index contributed by atoms with van der Waals surface area (Å²) < 4.78 is 41.0. The van der Waals surface area contributed by atoms with E-state index in [-0.39, 0.29) is 5.69 Å². The van der Waals surface area contributed by atoms with Gasteiger partial charge in [0.1, 0.15) is 17.0 Å². The normalized spacial score (nSPS) is 10.9. The Balaban J connectivity index is 2.14. The van der Waals surface area contributed by atoms with Gasteiger partial charge >= 0.3 is 6.18 Å². The van der Waals surface area contributed by atoms with E-state index in [0.717, 1.165) is 18.2 Å². The predicted octanol–water partition coefficient (Wildman–Crippen LogP) is 1.94. The van der Waals surface area contributed by atoms with Gasteiger partial charge in [0.05, 0.1) is 4.92 Å². The van der Waals surface area contributed by atoms with Crippen LogP contribution in [0.2, 0.25) is 0 Å². The van der Waals surface area contributed by atoms with E-state index in [2.05, 4.69) is 9.72 Å². The maximum atomic E-state index is 12.2. The molecule has 1 heterocycles. The van der Waals surface area contributed by atoms with Crippen LogP contribution in [0.5, 0.6) is 5.75 Å². The molecular formula is C14H11F3N4O5. The molecule has 0 aliphatic rings. The molecule has 0 bridgehead atoms. The number of benzene rings is 1. The molecule has 138 valence electrons. The highest BCUT2D eigenvalue weighted by Crippen LogP contribution is 2.25. The number of aromatic nitrogens is 1. The zero-order valence-electron chi connectivity index (χ0n) is 12.8. The average molecular weight is 372 g/mol. The number of nitrogens with one attached hydrogen (secondary N) is 3. The number of nitro groups is 1. The SMILES string of the molecule is O=C(NNC(=O)c1cc(OCC(F)(F)F)ccc1[N+](=O)[O-])c1ccc[nH]1. The first-order chi connectivity index (χ1) is 12.2. The van der Waals surface area contributed by atoms with Gasteiger partial charge in [0, 0.05) is 12.3 Å². The van der Waals surface area contributed by atoms with Gasteiger partial charge in [0.2, 0.25) is 0 Å². The van der Waals surface area contributed by atoms with Crippen LogP contribution < -0.4 is 15.6 Å². The van der Waals surface area contributed by atoms with Crippen LogP contribution in [-0.2, 0) is 0 Å². The van der Waals surface area contributed by atoms with Gasteiger partial charge in [-0.3, -0.25) is 30.6 Å². The van der Waals surface area contributed by atoms with Crippen LogP contribution in [0.4, 0.5) is 18.9 Å². The van der Waals surface area contributed by atoms with Crippen molar-refractivity contribution in [2.75, 3.05) is 6.61 Å². The molecule has 2 rings (SSSR count). The molecule has 1 aromatic heterocycles. The summed E-state index contributed by atoms with van der Waals surface area (Å²) >= 11 is 0. The smallest absolute Gasteiger partial charge is 0.422 e. The van der Waals surface area contributed by atoms with E-state index in [9.17, 15) is 32.9 Å². The summed E-state index contributed by atoms with van der Waals surface area (Å²) in [6, 6.07) is 5.48. The fourth-order valence-corrected chi connectivity index (χ4v) is 1.83. The second-order valence-corrected chi connectivity index (χ2v) is 4.83. The average Bonchev–Trinajstić information content (AvgIpc) is 3.11. The summed E-state index contributed by atoms with van der Waals surface area (Å²) in [4.78, 5) is 36.4. The zero-order valence-corrected chi connectivity index (χ0v) is 12.8. The molecule has 1 aromatic carbocycles. The Morgan fingerprint density at radius 1 is 1.19 bits per heavy atom. The molecule has 0 saturated carbocycles. The topological polar surface area (TPSA) is 126 Å². The highest BCUT2D eigenvalue weighted by Gasteiger charge is 2.29. The van der Waals surface area contributed by atoms with Crippen LogP contribution in [0.15, 0.2) is 36.5 Å². The molecular weight excluding hydrogens is 361 g/mol. The van der Waals surface area contributed by atoms with Crippen molar-refractivity contribution in [3.63, 3.8) is 0 Å². The second-order valence-electron chi connectivity index (χ2n) is 4.83. The predicted molar refractivity (Wildman–Crippen MR) is 80.4 cm³/mol. The number of rotatable bonds is 5. The van der Waals surface area contributed by atoms with Gasteiger partial charge in [-0.15, -0.1) is 0 Å². The first kappa shape index (κ1) is 18.8. The summed E-state index contributed by atoms with van der Waals surface area (Å²) in [6.45, 7) is -1.63. The third-order valence-corrected chi connectivity index (χ3v) is 2.94. The van der Waals surface area contributed by atoms with E-state index in [1.807, 2.05) is 10.9 Å². The number of nitro benzene ring substituents is 1. The van der Waals surface area contributed by atoms with Gasteiger partial charge in [-0.1, -0.05) is 0 Å². The van der Waals surface area contributed by atoms with Crippen LogP contribution >= 0.6 is 0 Å². The number of alkyl halides is 3. The number of H-pyrrole nitrogens is 1. The van der Waals surface area contributed by atoms with Crippen molar-refractivity contribution in [3.05, 3.63) is 57.9 Å². The van der Waals surface area contributed by atoms with Gasteiger partial charge < -0.3 is 9.72 Å². The van der Waals surface area contributed by atoms with Gasteiger partial charge in [-0.05, 0) is 24.3 Å². The monoisotopic (exact) mass is 372 g/mol. The first-order valence-electron chi connectivity index (χ1n) is 6.89. The zero-order chi connectivity index (χ0) is 19.3. The van der Waals surface area contributed by atoms with Crippen molar-refractivity contribution in [3.8, 4) is 5.75 Å². The molecule has 0 aliphatic carbocycles. The molecule has 0 unspecified atom stereocenters. The Hall–Kier alpha value is -3.57. The first-order valence-corrected chi connectivity index (χ1v) is 6.89. The van der Waals surface area contributed by atoms with Crippen molar-refractivity contribution in [2.24, 2.45) is 0 Å². The van der Waals surface area contributed by atoms with Crippen molar-refractivity contribution < 1.29 is 32.4 Å². The maximum Gasteiger partial charge on any atom is 0.422 e. The second kappa shape index (κ2) is 7.55. The van der Waals surface area contributed by atoms with E-state index >= 15 is 0 Å². The molecule has 12 heteroatoms. The van der Waals surface area contributed by atoms with Gasteiger partial charge in [-0.25, -0.2) is 0 Å². The number of carbonyl (C=O) groups excluding carboxylic acids is 2. The van der Waals surface area contributed by atoms with Crippen LogP contribution in [-0.4, -0.2) is 34.5 Å². The maximum absolute atomic E-state index is 12.2. The summed E-state index contributed by atoms with van der Waals surface area (Å²) in [5.41, 5.74) is 2.81. The van der Waals surface area contributed by atoms with Crippen LogP contribution in [0, 0.1) is 10.1 Å². The Morgan fingerprint density at radius 2 is 1.88 bits per heavy atom. The minimum atomic E-state index is -4.62. The fourth-order valence-electron chi connectivity index (χ4n) is 1.83. The minimum absolute atomic E-state index is 0.113. The lowest BCUT2D eigenvalue weighted by Crippen LogP contribution is -2.42. The Kier molecular flexibility index (Phi) is 5.45. The van der Waals surface area contributed by atoms with Crippen molar-refractivity contribution >= 4 is 17.5 Å². The molecule has 26 heavy (non-hydrogen) atoms. The molecule has 9 nitrogen and oxygen atoms in total. The number of amides is 2. The third-order valence-electron chi connectivity index (χ3n) is 2.94. The lowest BCUT2D eigenvalue weighted by atomic mass is 10.1. The van der Waals surface area contributed by atoms with E-state index in [1.165, 1.54) is 18.3 Å². The van der Waals surface area contributed by atoms with E-state index in [1.54, 1.807) is 0 Å². The standard InChI is InChI=1S/C14H11F3N4O5/c15-14(16,17)7-26-8-3-4-11(21(24)25)9(6-8)12(22)19-20-13(23)10-2-1-5-18-10/h1-6,18H,7H2,(H,19,22)(H,20,23).